The Hall–Kier alpha value is -8.81. The highest BCUT2D eigenvalue weighted by Gasteiger charge is 2.19. The Kier molecular flexibility index (Phi) is 21.0. The zero-order chi connectivity index (χ0) is 55.5. The van der Waals surface area contributed by atoms with Crippen LogP contribution in [0.3, 0.4) is 0 Å². The first-order valence-electron chi connectivity index (χ1n) is 24.3. The lowest BCUT2D eigenvalue weighted by molar-refractivity contribution is -0.167. The average Bonchev–Trinajstić information content (AvgIpc) is 4.11. The van der Waals surface area contributed by atoms with Crippen LogP contribution in [0.15, 0.2) is 116 Å². The maximum Gasteiger partial charge on any atom is 0.335 e. The molecule has 0 saturated heterocycles. The van der Waals surface area contributed by atoms with Gasteiger partial charge in [0, 0.05) is 79.6 Å². The SMILES string of the molecule is Cc1cc(OC(C)C)cc(-c2ncn(/C=C\C(=O)OC(C)(C)F)n2)c1.Cc1cc(OC(C)C)cc(-c2ncn(/C=C\C(=O)OC(C)C)n2)c1.Cc1cc(Oc2ccccn2)cc(-c2ncn(/C=C\C(=O)OC(C)C)n2)c1. The first kappa shape index (κ1) is 58.1. The van der Waals surface area contributed by atoms with Gasteiger partial charge in [-0.25, -0.2) is 48.4 Å². The molecule has 0 aliphatic carbocycles. The minimum absolute atomic E-state index is 0.0638. The Bertz CT molecular complexity index is 3110. The molecule has 0 atom stereocenters. The second-order valence-electron chi connectivity index (χ2n) is 18.6. The van der Waals surface area contributed by atoms with Gasteiger partial charge < -0.3 is 28.4 Å². The van der Waals surface area contributed by atoms with Gasteiger partial charge in [0.25, 0.3) is 0 Å². The van der Waals surface area contributed by atoms with Crippen molar-refractivity contribution in [3.05, 3.63) is 133 Å². The minimum Gasteiger partial charge on any atom is -0.491 e. The third-order valence-corrected chi connectivity index (χ3v) is 9.19. The molecule has 0 bridgehead atoms. The molecule has 0 aliphatic heterocycles. The second-order valence-corrected chi connectivity index (χ2v) is 18.6. The lowest BCUT2D eigenvalue weighted by atomic mass is 10.1. The maximum atomic E-state index is 13.2. The van der Waals surface area contributed by atoms with Gasteiger partial charge in [-0.3, -0.25) is 0 Å². The first-order chi connectivity index (χ1) is 35.9. The Morgan fingerprint density at radius 1 is 0.513 bits per heavy atom. The summed E-state index contributed by atoms with van der Waals surface area (Å²) in [6, 6.07) is 22.8. The molecule has 0 spiro atoms. The van der Waals surface area contributed by atoms with Gasteiger partial charge in [0.15, 0.2) is 17.5 Å². The van der Waals surface area contributed by atoms with Crippen molar-refractivity contribution < 1.29 is 47.2 Å². The number of hydrogen-bond donors (Lipinski definition) is 0. The van der Waals surface area contributed by atoms with Crippen LogP contribution in [-0.4, -0.2) is 97.5 Å². The van der Waals surface area contributed by atoms with E-state index in [1.807, 2.05) is 115 Å². The summed E-state index contributed by atoms with van der Waals surface area (Å²) in [7, 11) is 0. The summed E-state index contributed by atoms with van der Waals surface area (Å²) in [5.74, 6) is 0.597. The number of nitrogens with zero attached hydrogens (tertiary/aromatic N) is 10. The number of carbonyl (C=O) groups excluding carboxylic acids is 3. The molecule has 76 heavy (non-hydrogen) atoms. The summed E-state index contributed by atoms with van der Waals surface area (Å²) in [5.41, 5.74) is 5.56. The van der Waals surface area contributed by atoms with Crippen molar-refractivity contribution >= 4 is 36.5 Å². The molecule has 0 radical (unpaired) electrons. The van der Waals surface area contributed by atoms with Crippen LogP contribution in [0.5, 0.6) is 23.1 Å². The van der Waals surface area contributed by atoms with E-state index in [2.05, 4.69) is 40.0 Å². The Morgan fingerprint density at radius 3 is 1.25 bits per heavy atom. The molecule has 7 rings (SSSR count). The van der Waals surface area contributed by atoms with Crippen LogP contribution >= 0.6 is 0 Å². The number of hydrogen-bond acceptors (Lipinski definition) is 16. The van der Waals surface area contributed by atoms with Crippen LogP contribution in [0.1, 0.15) is 85.9 Å². The number of benzene rings is 3. The fourth-order valence-corrected chi connectivity index (χ4v) is 6.56. The summed E-state index contributed by atoms with van der Waals surface area (Å²) in [6.07, 6.45) is 14.1. The van der Waals surface area contributed by atoms with Gasteiger partial charge in [-0.1, -0.05) is 6.07 Å². The van der Waals surface area contributed by atoms with Gasteiger partial charge in [-0.15, -0.1) is 15.3 Å². The lowest BCUT2D eigenvalue weighted by Gasteiger charge is -2.13. The van der Waals surface area contributed by atoms with Crippen LogP contribution in [-0.2, 0) is 28.6 Å². The highest BCUT2D eigenvalue weighted by molar-refractivity contribution is 5.86. The molecule has 7 aromatic rings. The number of aryl methyl sites for hydroxylation is 3. The molecule has 0 saturated carbocycles. The molecule has 3 aromatic carbocycles. The highest BCUT2D eigenvalue weighted by Crippen LogP contribution is 2.28. The van der Waals surface area contributed by atoms with Crippen molar-refractivity contribution in [2.45, 2.75) is 120 Å². The van der Waals surface area contributed by atoms with E-state index < -0.39 is 23.8 Å². The molecule has 4 aromatic heterocycles. The fourth-order valence-electron chi connectivity index (χ4n) is 6.56. The van der Waals surface area contributed by atoms with Crippen molar-refractivity contribution in [1.82, 2.24) is 49.3 Å². The number of alkyl halides is 1. The lowest BCUT2D eigenvalue weighted by Crippen LogP contribution is -2.20. The van der Waals surface area contributed by atoms with Crippen LogP contribution in [0.25, 0.3) is 52.8 Å². The molecule has 0 N–H and O–H groups in total. The second kappa shape index (κ2) is 27.5. The fraction of sp³-hybridized carbons (Fsp3) is 0.321. The van der Waals surface area contributed by atoms with E-state index in [9.17, 15) is 18.8 Å². The number of halogens is 1. The van der Waals surface area contributed by atoms with E-state index in [0.717, 1.165) is 64.8 Å². The summed E-state index contributed by atoms with van der Waals surface area (Å²) in [6.45, 7) is 23.3. The topological polar surface area (TPSA) is 212 Å². The first-order valence-corrected chi connectivity index (χ1v) is 24.3. The number of aromatic nitrogens is 10. The zero-order valence-corrected chi connectivity index (χ0v) is 45.0. The molecule has 4 heterocycles. The Morgan fingerprint density at radius 2 is 0.895 bits per heavy atom. The molecule has 0 aliphatic rings. The predicted octanol–water partition coefficient (Wildman–Crippen LogP) is 11.1. The van der Waals surface area contributed by atoms with Crippen LogP contribution < -0.4 is 14.2 Å². The zero-order valence-electron chi connectivity index (χ0n) is 45.0. The molecule has 20 heteroatoms. The van der Waals surface area contributed by atoms with E-state index in [1.54, 1.807) is 46.3 Å². The summed E-state index contributed by atoms with van der Waals surface area (Å²) >= 11 is 0. The number of esters is 3. The van der Waals surface area contributed by atoms with Gasteiger partial charge >= 0.3 is 17.9 Å². The standard InChI is InChI=1S/C20H20N4O3.C18H22FN3O3.C18H23N3O3/c1-14(2)26-19(25)7-9-24-13-22-20(23-24)16-10-15(3)11-17(12-16)27-18-6-4-5-8-21-18;1-12(2)24-15-9-13(3)8-14(10-15)17-20-11-22(21-17)7-6-16(23)25-18(4,5)19;1-12(2)23-16-9-14(5)8-15(10-16)18-19-11-21(20-18)7-6-17(22)24-13(3)4/h4-14H,1-3H3;6-12H,1-5H3;6-13H,1-5H3/b9-7-;2*7-6-. The van der Waals surface area contributed by atoms with E-state index in [-0.39, 0.29) is 24.4 Å². The van der Waals surface area contributed by atoms with Gasteiger partial charge in [0.1, 0.15) is 36.2 Å². The average molecular weight is 1040 g/mol. The van der Waals surface area contributed by atoms with Gasteiger partial charge in [0.2, 0.25) is 11.7 Å². The smallest absolute Gasteiger partial charge is 0.335 e. The predicted molar refractivity (Wildman–Crippen MR) is 286 cm³/mol. The number of carbonyl (C=O) groups is 3. The van der Waals surface area contributed by atoms with E-state index in [1.165, 1.54) is 57.5 Å². The van der Waals surface area contributed by atoms with Crippen molar-refractivity contribution in [2.75, 3.05) is 0 Å². The summed E-state index contributed by atoms with van der Waals surface area (Å²) in [5, 5.41) is 13.0. The van der Waals surface area contributed by atoms with Crippen molar-refractivity contribution in [3.63, 3.8) is 0 Å². The maximum absolute atomic E-state index is 13.2. The van der Waals surface area contributed by atoms with Crippen LogP contribution in [0.2, 0.25) is 0 Å². The van der Waals surface area contributed by atoms with Crippen LogP contribution in [0, 0.1) is 20.8 Å². The molecule has 400 valence electrons. The molecular formula is C56H65FN10O9. The summed E-state index contributed by atoms with van der Waals surface area (Å²) in [4.78, 5) is 51.5. The van der Waals surface area contributed by atoms with Crippen molar-refractivity contribution in [2.24, 2.45) is 0 Å². The number of rotatable bonds is 18. The minimum atomic E-state index is -2.02. The van der Waals surface area contributed by atoms with Crippen molar-refractivity contribution in [1.29, 1.82) is 0 Å². The third kappa shape index (κ3) is 20.6. The molecule has 19 nitrogen and oxygen atoms in total. The summed E-state index contributed by atoms with van der Waals surface area (Å²) < 4.78 is 49.4. The van der Waals surface area contributed by atoms with E-state index in [0.29, 0.717) is 29.1 Å². The third-order valence-electron chi connectivity index (χ3n) is 9.19. The van der Waals surface area contributed by atoms with Gasteiger partial charge in [-0.05, 0) is 154 Å². The monoisotopic (exact) mass is 1040 g/mol. The molecule has 0 unspecified atom stereocenters. The molecule has 0 fully saturated rings. The molecular weight excluding hydrogens is 976 g/mol. The highest BCUT2D eigenvalue weighted by atomic mass is 19.2. The Labute approximate surface area is 442 Å². The Balaban J connectivity index is 0.000000211. The number of pyridine rings is 1. The van der Waals surface area contributed by atoms with Gasteiger partial charge in [0.05, 0.1) is 24.4 Å². The van der Waals surface area contributed by atoms with Gasteiger partial charge in [-0.2, -0.15) is 4.39 Å². The van der Waals surface area contributed by atoms with E-state index >= 15 is 0 Å². The number of ether oxygens (including phenoxy) is 6. The quantitative estimate of drug-likeness (QED) is 0.0444. The largest absolute Gasteiger partial charge is 0.491 e. The van der Waals surface area contributed by atoms with E-state index in [4.69, 9.17) is 23.7 Å². The van der Waals surface area contributed by atoms with Crippen LogP contribution in [0.4, 0.5) is 4.39 Å². The normalized spacial score (nSPS) is 11.5. The van der Waals surface area contributed by atoms with Crippen molar-refractivity contribution in [3.8, 4) is 57.3 Å². The molecule has 0 amide bonds.